The van der Waals surface area contributed by atoms with Crippen molar-refractivity contribution < 1.29 is 0 Å². The first-order valence-corrected chi connectivity index (χ1v) is 8.90. The van der Waals surface area contributed by atoms with Crippen molar-refractivity contribution in [2.24, 2.45) is 0 Å². The first kappa shape index (κ1) is 15.2. The van der Waals surface area contributed by atoms with Crippen LogP contribution in [0.25, 0.3) is 22.2 Å². The Labute approximate surface area is 150 Å². The van der Waals surface area contributed by atoms with Gasteiger partial charge >= 0.3 is 0 Å². The molecule has 0 aliphatic carbocycles. The lowest BCUT2D eigenvalue weighted by atomic mass is 10.1. The molecule has 0 bridgehead atoms. The molecule has 1 heterocycles. The molecule has 1 nitrogen and oxygen atoms in total. The predicted molar refractivity (Wildman–Crippen MR) is 105 cm³/mol. The van der Waals surface area contributed by atoms with E-state index in [0.29, 0.717) is 0 Å². The van der Waals surface area contributed by atoms with Crippen LogP contribution in [0.3, 0.4) is 0 Å². The van der Waals surface area contributed by atoms with Gasteiger partial charge in [0.1, 0.15) is 0 Å². The van der Waals surface area contributed by atoms with E-state index in [2.05, 4.69) is 106 Å². The van der Waals surface area contributed by atoms with Crippen molar-refractivity contribution in [1.82, 2.24) is 4.57 Å². The second kappa shape index (κ2) is 6.29. The highest BCUT2D eigenvalue weighted by Gasteiger charge is 2.12. The maximum absolute atomic E-state index is 3.72. The summed E-state index contributed by atoms with van der Waals surface area (Å²) < 4.78 is 3.57. The van der Waals surface area contributed by atoms with E-state index in [1.165, 1.54) is 37.8 Å². The minimum absolute atomic E-state index is 0.846. The van der Waals surface area contributed by atoms with Gasteiger partial charge in [0, 0.05) is 27.6 Å². The highest BCUT2D eigenvalue weighted by atomic mass is 79.9. The molecule has 2 heteroatoms. The van der Waals surface area contributed by atoms with E-state index in [0.717, 1.165) is 6.54 Å². The smallest absolute Gasteiger partial charge is 0.0494 e. The van der Waals surface area contributed by atoms with Gasteiger partial charge in [0.05, 0.1) is 0 Å². The number of halogens is 1. The number of fused-ring (bicyclic) bond motifs is 1. The average molecular weight is 376 g/mol. The summed E-state index contributed by atoms with van der Waals surface area (Å²) >= 11 is 3.72. The molecule has 0 saturated heterocycles. The summed E-state index contributed by atoms with van der Waals surface area (Å²) in [5.41, 5.74) is 6.33. The molecule has 0 fully saturated rings. The van der Waals surface area contributed by atoms with E-state index in [4.69, 9.17) is 0 Å². The van der Waals surface area contributed by atoms with Gasteiger partial charge in [0.2, 0.25) is 0 Å². The van der Waals surface area contributed by atoms with Gasteiger partial charge < -0.3 is 4.57 Å². The lowest BCUT2D eigenvalue weighted by Gasteiger charge is -2.13. The van der Waals surface area contributed by atoms with E-state index >= 15 is 0 Å². The third-order valence-corrected chi connectivity index (χ3v) is 5.16. The van der Waals surface area contributed by atoms with Crippen molar-refractivity contribution in [1.29, 1.82) is 0 Å². The number of para-hydroxylation sites is 1. The molecule has 4 aromatic rings. The molecule has 4 rings (SSSR count). The van der Waals surface area contributed by atoms with Gasteiger partial charge in [0.15, 0.2) is 0 Å². The normalized spacial score (nSPS) is 11.1. The van der Waals surface area contributed by atoms with Gasteiger partial charge in [-0.2, -0.15) is 0 Å². The molecule has 0 saturated carbocycles. The number of nitrogens with zero attached hydrogens (tertiary/aromatic N) is 1. The monoisotopic (exact) mass is 375 g/mol. The Hall–Kier alpha value is -2.32. The first-order chi connectivity index (χ1) is 11.7. The molecule has 0 aliphatic heterocycles. The Bertz CT molecular complexity index is 999. The molecule has 0 atom stereocenters. The number of hydrogen-bond acceptors (Lipinski definition) is 0. The van der Waals surface area contributed by atoms with Crippen LogP contribution < -0.4 is 0 Å². The molecular weight excluding hydrogens is 358 g/mol. The maximum Gasteiger partial charge on any atom is 0.0494 e. The van der Waals surface area contributed by atoms with Gasteiger partial charge in [0.25, 0.3) is 0 Å². The molecule has 118 valence electrons. The van der Waals surface area contributed by atoms with Crippen molar-refractivity contribution in [3.8, 4) is 11.3 Å². The summed E-state index contributed by atoms with van der Waals surface area (Å²) in [5, 5.41) is 1.28. The molecule has 24 heavy (non-hydrogen) atoms. The van der Waals surface area contributed by atoms with Crippen molar-refractivity contribution in [2.45, 2.75) is 13.5 Å². The fourth-order valence-corrected chi connectivity index (χ4v) is 3.80. The number of hydrogen-bond donors (Lipinski definition) is 0. The van der Waals surface area contributed by atoms with Crippen LogP contribution in [0, 0.1) is 6.92 Å². The predicted octanol–water partition coefficient (Wildman–Crippen LogP) is 6.43. The Morgan fingerprint density at radius 3 is 2.38 bits per heavy atom. The number of aromatic nitrogens is 1. The van der Waals surface area contributed by atoms with Crippen molar-refractivity contribution >= 4 is 26.8 Å². The third kappa shape index (κ3) is 2.78. The second-order valence-electron chi connectivity index (χ2n) is 6.14. The zero-order valence-corrected chi connectivity index (χ0v) is 15.1. The molecule has 0 unspecified atom stereocenters. The molecular formula is C22H18BrN. The zero-order valence-electron chi connectivity index (χ0n) is 13.5. The van der Waals surface area contributed by atoms with Crippen LogP contribution >= 0.6 is 15.9 Å². The minimum atomic E-state index is 0.846. The van der Waals surface area contributed by atoms with Gasteiger partial charge in [-0.15, -0.1) is 0 Å². The summed E-state index contributed by atoms with van der Waals surface area (Å²) in [4.78, 5) is 0. The quantitative estimate of drug-likeness (QED) is 0.388. The molecule has 0 radical (unpaired) electrons. The fourth-order valence-electron chi connectivity index (χ4n) is 3.18. The molecule has 0 amide bonds. The van der Waals surface area contributed by atoms with Gasteiger partial charge in [-0.05, 0) is 41.8 Å². The Balaban J connectivity index is 1.89. The molecule has 0 N–H and O–H groups in total. The lowest BCUT2D eigenvalue weighted by Crippen LogP contribution is -2.02. The largest absolute Gasteiger partial charge is 0.336 e. The van der Waals surface area contributed by atoms with E-state index in [1.54, 1.807) is 0 Å². The van der Waals surface area contributed by atoms with E-state index < -0.39 is 0 Å². The van der Waals surface area contributed by atoms with Gasteiger partial charge in [-0.3, -0.25) is 0 Å². The zero-order chi connectivity index (χ0) is 16.5. The maximum atomic E-state index is 3.72. The van der Waals surface area contributed by atoms with Crippen molar-refractivity contribution in [2.75, 3.05) is 0 Å². The molecule has 0 spiro atoms. The van der Waals surface area contributed by atoms with E-state index in [9.17, 15) is 0 Å². The third-order valence-electron chi connectivity index (χ3n) is 4.42. The summed E-state index contributed by atoms with van der Waals surface area (Å²) in [6, 6.07) is 28.1. The van der Waals surface area contributed by atoms with Crippen LogP contribution in [-0.2, 0) is 6.54 Å². The van der Waals surface area contributed by atoms with Crippen LogP contribution in [0.1, 0.15) is 11.1 Å². The highest BCUT2D eigenvalue weighted by Crippen LogP contribution is 2.30. The van der Waals surface area contributed by atoms with Crippen molar-refractivity contribution in [3.63, 3.8) is 0 Å². The summed E-state index contributed by atoms with van der Waals surface area (Å²) in [6.45, 7) is 2.97. The summed E-state index contributed by atoms with van der Waals surface area (Å²) in [7, 11) is 0. The van der Waals surface area contributed by atoms with Gasteiger partial charge in [-0.1, -0.05) is 76.6 Å². The molecule has 0 aliphatic rings. The van der Waals surface area contributed by atoms with Crippen LogP contribution in [0.5, 0.6) is 0 Å². The molecule has 3 aromatic carbocycles. The number of aryl methyl sites for hydroxylation is 1. The second-order valence-corrected chi connectivity index (χ2v) is 6.99. The van der Waals surface area contributed by atoms with Crippen LogP contribution in [-0.4, -0.2) is 4.57 Å². The average Bonchev–Trinajstić information content (AvgIpc) is 2.97. The van der Waals surface area contributed by atoms with Crippen LogP contribution in [0.4, 0.5) is 0 Å². The van der Waals surface area contributed by atoms with E-state index in [1.807, 2.05) is 0 Å². The highest BCUT2D eigenvalue weighted by molar-refractivity contribution is 9.10. The Morgan fingerprint density at radius 2 is 1.58 bits per heavy atom. The first-order valence-electron chi connectivity index (χ1n) is 8.11. The van der Waals surface area contributed by atoms with Gasteiger partial charge in [-0.25, -0.2) is 0 Å². The lowest BCUT2D eigenvalue weighted by molar-refractivity contribution is 0.840. The Kier molecular flexibility index (Phi) is 3.99. The number of rotatable bonds is 3. The van der Waals surface area contributed by atoms with E-state index in [-0.39, 0.29) is 0 Å². The SMILES string of the molecule is Cc1ccc(Cn2c(-c3ccccc3)cc3ccccc32)c(Br)c1. The topological polar surface area (TPSA) is 4.93 Å². The minimum Gasteiger partial charge on any atom is -0.336 e. The Morgan fingerprint density at radius 1 is 0.833 bits per heavy atom. The van der Waals surface area contributed by atoms with Crippen molar-refractivity contribution in [3.05, 3.63) is 94.5 Å². The summed E-state index contributed by atoms with van der Waals surface area (Å²) in [6.07, 6.45) is 0. The van der Waals surface area contributed by atoms with Crippen LogP contribution in [0.2, 0.25) is 0 Å². The number of benzene rings is 3. The molecule has 1 aromatic heterocycles. The fraction of sp³-hybridized carbons (Fsp3) is 0.0909. The van der Waals surface area contributed by atoms with Crippen LogP contribution in [0.15, 0.2) is 83.3 Å². The summed E-state index contributed by atoms with van der Waals surface area (Å²) in [5.74, 6) is 0. The standard InChI is InChI=1S/C22H18BrN/c1-16-11-12-19(20(23)13-16)15-24-21-10-6-5-9-18(21)14-22(24)17-7-3-2-4-8-17/h2-14H,15H2,1H3.